The van der Waals surface area contributed by atoms with Crippen LogP contribution < -0.4 is 15.4 Å². The molecule has 0 aliphatic rings. The summed E-state index contributed by atoms with van der Waals surface area (Å²) in [5.41, 5.74) is 1.21. The molecule has 1 aromatic carbocycles. The second-order valence-corrected chi connectivity index (χ2v) is 4.68. The minimum atomic E-state index is -0.0105. The van der Waals surface area contributed by atoms with Gasteiger partial charge in [-0.2, -0.15) is 0 Å². The Kier molecular flexibility index (Phi) is 7.69. The number of hydrogen-bond acceptors (Lipinski definition) is 4. The van der Waals surface area contributed by atoms with E-state index in [9.17, 15) is 4.79 Å². The van der Waals surface area contributed by atoms with Gasteiger partial charge in [0.2, 0.25) is 5.91 Å². The van der Waals surface area contributed by atoms with Gasteiger partial charge in [-0.15, -0.1) is 0 Å². The van der Waals surface area contributed by atoms with Crippen LogP contribution in [0.5, 0.6) is 5.75 Å². The summed E-state index contributed by atoms with van der Waals surface area (Å²) in [6.07, 6.45) is 0.870. The van der Waals surface area contributed by atoms with Crippen molar-refractivity contribution >= 4 is 5.91 Å². The summed E-state index contributed by atoms with van der Waals surface area (Å²) in [6, 6.07) is 8.20. The summed E-state index contributed by atoms with van der Waals surface area (Å²) >= 11 is 0. The third-order valence-electron chi connectivity index (χ3n) is 2.94. The largest absolute Gasteiger partial charge is 0.497 e. The number of hydrogen-bond donors (Lipinski definition) is 2. The quantitative estimate of drug-likeness (QED) is 0.662. The summed E-state index contributed by atoms with van der Waals surface area (Å²) in [5, 5.41) is 5.98. The number of rotatable bonds is 9. The van der Waals surface area contributed by atoms with Crippen molar-refractivity contribution in [3.8, 4) is 5.75 Å². The maximum Gasteiger partial charge on any atom is 0.234 e. The summed E-state index contributed by atoms with van der Waals surface area (Å²) in [6.45, 7) is 3.46. The van der Waals surface area contributed by atoms with E-state index in [4.69, 9.17) is 9.47 Å². The normalized spacial score (nSPS) is 11.9. The number of carbonyl (C=O) groups excluding carboxylic acids is 1. The predicted octanol–water partition coefficient (Wildman–Crippen LogP) is 0.978. The zero-order valence-corrected chi connectivity index (χ0v) is 12.4. The van der Waals surface area contributed by atoms with Gasteiger partial charge in [-0.1, -0.05) is 12.1 Å². The second-order valence-electron chi connectivity index (χ2n) is 4.68. The first-order chi connectivity index (χ1) is 9.65. The smallest absolute Gasteiger partial charge is 0.234 e. The topological polar surface area (TPSA) is 59.6 Å². The van der Waals surface area contributed by atoms with E-state index in [1.807, 2.05) is 24.3 Å². The van der Waals surface area contributed by atoms with Crippen LogP contribution in [-0.4, -0.2) is 45.9 Å². The zero-order valence-electron chi connectivity index (χ0n) is 12.4. The third kappa shape index (κ3) is 6.54. The molecule has 0 saturated heterocycles. The fourth-order valence-corrected chi connectivity index (χ4v) is 1.81. The van der Waals surface area contributed by atoms with Gasteiger partial charge in [-0.3, -0.25) is 4.79 Å². The van der Waals surface area contributed by atoms with Gasteiger partial charge in [-0.05, 0) is 31.0 Å². The molecular weight excluding hydrogens is 256 g/mol. The Morgan fingerprint density at radius 3 is 2.55 bits per heavy atom. The van der Waals surface area contributed by atoms with Gasteiger partial charge in [0.05, 0.1) is 20.3 Å². The Hall–Kier alpha value is -1.59. The molecule has 1 atom stereocenters. The van der Waals surface area contributed by atoms with Crippen LogP contribution in [0.2, 0.25) is 0 Å². The number of ether oxygens (including phenoxy) is 2. The second kappa shape index (κ2) is 9.34. The molecule has 0 aliphatic heterocycles. The number of carbonyl (C=O) groups is 1. The number of amides is 1. The van der Waals surface area contributed by atoms with Gasteiger partial charge in [0.15, 0.2) is 0 Å². The summed E-state index contributed by atoms with van der Waals surface area (Å²) in [5.74, 6) is 0.843. The van der Waals surface area contributed by atoms with Gasteiger partial charge in [0.1, 0.15) is 5.75 Å². The van der Waals surface area contributed by atoms with Crippen LogP contribution in [0.4, 0.5) is 0 Å². The molecule has 1 unspecified atom stereocenters. The standard InChI is InChI=1S/C15H24N2O3/c1-12(17-11-15(18)16-8-9-19-2)10-13-4-6-14(20-3)7-5-13/h4-7,12,17H,8-11H2,1-3H3,(H,16,18). The Morgan fingerprint density at radius 2 is 1.95 bits per heavy atom. The van der Waals surface area contributed by atoms with Crippen molar-refractivity contribution in [3.05, 3.63) is 29.8 Å². The Labute approximate surface area is 120 Å². The van der Waals surface area contributed by atoms with Crippen LogP contribution in [0.15, 0.2) is 24.3 Å². The van der Waals surface area contributed by atoms with E-state index >= 15 is 0 Å². The lowest BCUT2D eigenvalue weighted by Crippen LogP contribution is -2.39. The highest BCUT2D eigenvalue weighted by molar-refractivity contribution is 5.77. The van der Waals surface area contributed by atoms with Crippen molar-refractivity contribution in [2.45, 2.75) is 19.4 Å². The van der Waals surface area contributed by atoms with Crippen molar-refractivity contribution in [3.63, 3.8) is 0 Å². The lowest BCUT2D eigenvalue weighted by atomic mass is 10.1. The first kappa shape index (κ1) is 16.5. The summed E-state index contributed by atoms with van der Waals surface area (Å²) < 4.78 is 9.99. The van der Waals surface area contributed by atoms with Crippen molar-refractivity contribution in [1.82, 2.24) is 10.6 Å². The lowest BCUT2D eigenvalue weighted by molar-refractivity contribution is -0.120. The molecule has 0 radical (unpaired) electrons. The van der Waals surface area contributed by atoms with Crippen molar-refractivity contribution in [2.75, 3.05) is 33.9 Å². The van der Waals surface area contributed by atoms with E-state index in [1.165, 1.54) is 5.56 Å². The summed E-state index contributed by atoms with van der Waals surface area (Å²) in [4.78, 5) is 11.5. The van der Waals surface area contributed by atoms with Gasteiger partial charge < -0.3 is 20.1 Å². The van der Waals surface area contributed by atoms with E-state index in [0.29, 0.717) is 19.7 Å². The summed E-state index contributed by atoms with van der Waals surface area (Å²) in [7, 11) is 3.27. The molecule has 1 amide bonds. The lowest BCUT2D eigenvalue weighted by Gasteiger charge is -2.14. The average Bonchev–Trinajstić information content (AvgIpc) is 2.46. The molecule has 1 aromatic rings. The monoisotopic (exact) mass is 280 g/mol. The van der Waals surface area contributed by atoms with Crippen molar-refractivity contribution in [2.24, 2.45) is 0 Å². The molecule has 0 aliphatic carbocycles. The number of benzene rings is 1. The molecule has 0 aromatic heterocycles. The van der Waals surface area contributed by atoms with Crippen molar-refractivity contribution in [1.29, 1.82) is 0 Å². The molecule has 112 valence electrons. The molecule has 1 rings (SSSR count). The van der Waals surface area contributed by atoms with Gasteiger partial charge in [-0.25, -0.2) is 0 Å². The minimum Gasteiger partial charge on any atom is -0.497 e. The molecule has 0 heterocycles. The van der Waals surface area contributed by atoms with Crippen LogP contribution in [0.1, 0.15) is 12.5 Å². The van der Waals surface area contributed by atoms with Crippen LogP contribution in [0.3, 0.4) is 0 Å². The van der Waals surface area contributed by atoms with E-state index in [1.54, 1.807) is 14.2 Å². The molecule has 2 N–H and O–H groups in total. The zero-order chi connectivity index (χ0) is 14.8. The number of nitrogens with one attached hydrogen (secondary N) is 2. The third-order valence-corrected chi connectivity index (χ3v) is 2.94. The first-order valence-electron chi connectivity index (χ1n) is 6.77. The van der Waals surface area contributed by atoms with Gasteiger partial charge >= 0.3 is 0 Å². The molecule has 0 fully saturated rings. The Balaban J connectivity index is 2.25. The maximum absolute atomic E-state index is 11.5. The highest BCUT2D eigenvalue weighted by Gasteiger charge is 2.06. The predicted molar refractivity (Wildman–Crippen MR) is 79.0 cm³/mol. The fraction of sp³-hybridized carbons (Fsp3) is 0.533. The highest BCUT2D eigenvalue weighted by atomic mass is 16.5. The van der Waals surface area contributed by atoms with Gasteiger partial charge in [0.25, 0.3) is 0 Å². The molecule has 20 heavy (non-hydrogen) atoms. The molecule has 0 saturated carbocycles. The maximum atomic E-state index is 11.5. The minimum absolute atomic E-state index is 0.0105. The average molecular weight is 280 g/mol. The fourth-order valence-electron chi connectivity index (χ4n) is 1.81. The molecule has 0 spiro atoms. The Morgan fingerprint density at radius 1 is 1.25 bits per heavy atom. The van der Waals surface area contributed by atoms with E-state index in [-0.39, 0.29) is 11.9 Å². The SMILES string of the molecule is COCCNC(=O)CNC(C)Cc1ccc(OC)cc1. The molecule has 5 heteroatoms. The molecule has 0 bridgehead atoms. The van der Waals surface area contributed by atoms with E-state index in [0.717, 1.165) is 12.2 Å². The molecular formula is C15H24N2O3. The molecule has 5 nitrogen and oxygen atoms in total. The van der Waals surface area contributed by atoms with E-state index < -0.39 is 0 Å². The van der Waals surface area contributed by atoms with Crippen LogP contribution in [0.25, 0.3) is 0 Å². The first-order valence-corrected chi connectivity index (χ1v) is 6.77. The number of methoxy groups -OCH3 is 2. The van der Waals surface area contributed by atoms with Gasteiger partial charge in [0, 0.05) is 19.7 Å². The van der Waals surface area contributed by atoms with Crippen molar-refractivity contribution < 1.29 is 14.3 Å². The Bertz CT molecular complexity index is 393. The van der Waals surface area contributed by atoms with E-state index in [2.05, 4.69) is 17.6 Å². The van der Waals surface area contributed by atoms with Crippen LogP contribution in [-0.2, 0) is 16.0 Å². The highest BCUT2D eigenvalue weighted by Crippen LogP contribution is 2.12. The van der Waals surface area contributed by atoms with Crippen LogP contribution in [0, 0.1) is 0 Å². The van der Waals surface area contributed by atoms with Crippen LogP contribution >= 0.6 is 0 Å².